The Morgan fingerprint density at radius 3 is 1.71 bits per heavy atom. The van der Waals surface area contributed by atoms with Gasteiger partial charge < -0.3 is 33.0 Å². The molecule has 63 heavy (non-hydrogen) atoms. The first-order valence-corrected chi connectivity index (χ1v) is 21.7. The van der Waals surface area contributed by atoms with Crippen molar-refractivity contribution in [3.8, 4) is 0 Å². The van der Waals surface area contributed by atoms with E-state index in [-0.39, 0.29) is 19.0 Å². The van der Waals surface area contributed by atoms with Crippen molar-refractivity contribution in [3.05, 3.63) is 221 Å². The second-order valence-electron chi connectivity index (χ2n) is 16.0. The molecule has 2 heterocycles. The molecule has 5 atom stereocenters. The fraction of sp³-hybridized carbons (Fsp3) is 0.255. The summed E-state index contributed by atoms with van der Waals surface area (Å²) in [5.41, 5.74) is 9.79. The number of aryl methyl sites for hydroxylation is 1. The Morgan fingerprint density at radius 2 is 1.14 bits per heavy atom. The number of hydrogen-bond donors (Lipinski definition) is 0. The second kappa shape index (κ2) is 21.8. The van der Waals surface area contributed by atoms with Crippen LogP contribution in [0.25, 0.3) is 17.0 Å². The average Bonchev–Trinajstić information content (AvgIpc) is 3.70. The molecule has 0 bridgehead atoms. The first kappa shape index (κ1) is 43.5. The minimum atomic E-state index is -0.614. The van der Waals surface area contributed by atoms with Crippen LogP contribution in [-0.4, -0.2) is 48.7 Å². The van der Waals surface area contributed by atoms with E-state index in [2.05, 4.69) is 109 Å². The third kappa shape index (κ3) is 11.5. The topological polar surface area (TPSA) is 77.4 Å². The van der Waals surface area contributed by atoms with Crippen LogP contribution in [0.5, 0.6) is 0 Å². The lowest BCUT2D eigenvalue weighted by atomic mass is 9.96. The molecule has 0 saturated carbocycles. The Labute approximate surface area is 370 Å². The summed E-state index contributed by atoms with van der Waals surface area (Å²) in [5.74, 6) is -0.264. The third-order valence-electron chi connectivity index (χ3n) is 11.5. The van der Waals surface area contributed by atoms with E-state index >= 15 is 0 Å². The van der Waals surface area contributed by atoms with E-state index in [0.717, 1.165) is 38.9 Å². The highest BCUT2D eigenvalue weighted by molar-refractivity contribution is 5.87. The molecule has 1 aliphatic rings. The summed E-state index contributed by atoms with van der Waals surface area (Å²) in [5, 5.41) is 1.17. The van der Waals surface area contributed by atoms with Gasteiger partial charge in [0.15, 0.2) is 6.23 Å². The van der Waals surface area contributed by atoms with Gasteiger partial charge in [-0.3, -0.25) is 4.79 Å². The molecular formula is C55H55NO7. The van der Waals surface area contributed by atoms with E-state index in [0.29, 0.717) is 32.8 Å². The number of fused-ring (bicyclic) bond motifs is 1. The predicted molar refractivity (Wildman–Crippen MR) is 247 cm³/mol. The van der Waals surface area contributed by atoms with Gasteiger partial charge in [-0.05, 0) is 63.9 Å². The smallest absolute Gasteiger partial charge is 0.309 e. The van der Waals surface area contributed by atoms with E-state index in [1.54, 1.807) is 0 Å². The summed E-state index contributed by atoms with van der Waals surface area (Å²) in [6.45, 7) is 3.93. The van der Waals surface area contributed by atoms with Crippen molar-refractivity contribution in [1.29, 1.82) is 0 Å². The molecule has 1 aromatic heterocycles. The monoisotopic (exact) mass is 841 g/mol. The molecule has 1 aliphatic heterocycles. The summed E-state index contributed by atoms with van der Waals surface area (Å²) >= 11 is 0. The van der Waals surface area contributed by atoms with Crippen LogP contribution in [0.4, 0.5) is 0 Å². The fourth-order valence-corrected chi connectivity index (χ4v) is 8.26. The van der Waals surface area contributed by atoms with Crippen LogP contribution in [0.2, 0.25) is 0 Å². The second-order valence-corrected chi connectivity index (χ2v) is 16.0. The lowest BCUT2D eigenvalue weighted by Gasteiger charge is -2.46. The van der Waals surface area contributed by atoms with Crippen molar-refractivity contribution in [2.75, 3.05) is 13.7 Å². The van der Waals surface area contributed by atoms with Gasteiger partial charge in [-0.15, -0.1) is 0 Å². The van der Waals surface area contributed by atoms with Crippen molar-refractivity contribution in [1.82, 2.24) is 4.57 Å². The van der Waals surface area contributed by atoms with Gasteiger partial charge in [0.2, 0.25) is 0 Å². The molecule has 0 unspecified atom stereocenters. The van der Waals surface area contributed by atoms with Crippen LogP contribution in [0.3, 0.4) is 0 Å². The van der Waals surface area contributed by atoms with E-state index in [4.69, 9.17) is 28.4 Å². The zero-order valence-corrected chi connectivity index (χ0v) is 36.0. The van der Waals surface area contributed by atoms with Crippen molar-refractivity contribution in [2.24, 2.45) is 0 Å². The van der Waals surface area contributed by atoms with Crippen LogP contribution in [0, 0.1) is 6.92 Å². The highest BCUT2D eigenvalue weighted by Crippen LogP contribution is 2.39. The minimum Gasteiger partial charge on any atom is -0.469 e. The summed E-state index contributed by atoms with van der Waals surface area (Å²) < 4.78 is 42.0. The summed E-state index contributed by atoms with van der Waals surface area (Å²) in [4.78, 5) is 11.6. The van der Waals surface area contributed by atoms with Gasteiger partial charge in [0.1, 0.15) is 24.4 Å². The quantitative estimate of drug-likeness (QED) is 0.0751. The molecule has 6 aromatic carbocycles. The molecule has 1 saturated heterocycles. The standard InChI is InChI=1S/C55H55NO7/c1-40-17-15-27-48-51(40)47(33-42-31-29-41(30-32-42)26-16-28-50(57)58-2)34-56(48)55-54(62-38-46-24-13-6-14-25-46)53(61-37-45-22-11-5-12-23-45)52(60-36-44-20-9-4-10-21-44)49(63-55)39-59-35-43-18-7-3-8-19-43/h3-27,29-32,34,49,52-55H,28,33,35-39H2,1-2H3/b26-16+/t49-,52-,53+,54-,55-/m1/s1. The van der Waals surface area contributed by atoms with Gasteiger partial charge in [0.25, 0.3) is 0 Å². The molecular weight excluding hydrogens is 787 g/mol. The van der Waals surface area contributed by atoms with Crippen molar-refractivity contribution in [2.45, 2.75) is 76.8 Å². The van der Waals surface area contributed by atoms with Gasteiger partial charge in [-0.2, -0.15) is 0 Å². The molecule has 0 aliphatic carbocycles. The van der Waals surface area contributed by atoms with Crippen LogP contribution in [0.1, 0.15) is 57.2 Å². The molecule has 0 spiro atoms. The maximum atomic E-state index is 11.6. The fourth-order valence-electron chi connectivity index (χ4n) is 8.26. The van der Waals surface area contributed by atoms with Crippen LogP contribution < -0.4 is 0 Å². The highest BCUT2D eigenvalue weighted by atomic mass is 16.6. The van der Waals surface area contributed by atoms with Crippen LogP contribution in [0.15, 0.2) is 176 Å². The maximum Gasteiger partial charge on any atom is 0.309 e. The molecule has 0 N–H and O–H groups in total. The SMILES string of the molecule is COC(=O)C/C=C/c1ccc(Cc2cn([C@@H]3O[C@H](COCc4ccccc4)[C@@H](OCc4ccccc4)[C@H](OCc4ccccc4)[C@H]3OCc3ccccc3)c3cccc(C)c23)cc1. The number of aromatic nitrogens is 1. The van der Waals surface area contributed by atoms with Gasteiger partial charge in [0.05, 0.1) is 52.1 Å². The molecule has 8 heteroatoms. The number of methoxy groups -OCH3 is 1. The van der Waals surface area contributed by atoms with Crippen LogP contribution in [-0.2, 0) is 66.1 Å². The molecule has 0 amide bonds. The Morgan fingerprint density at radius 1 is 0.603 bits per heavy atom. The summed E-state index contributed by atoms with van der Waals surface area (Å²) in [6.07, 6.45) is 4.08. The summed E-state index contributed by atoms with van der Waals surface area (Å²) in [6, 6.07) is 55.7. The zero-order chi connectivity index (χ0) is 43.2. The minimum absolute atomic E-state index is 0.231. The highest BCUT2D eigenvalue weighted by Gasteiger charge is 2.49. The van der Waals surface area contributed by atoms with Gasteiger partial charge in [-0.1, -0.05) is 170 Å². The lowest BCUT2D eigenvalue weighted by molar-refractivity contribution is -0.289. The van der Waals surface area contributed by atoms with Crippen molar-refractivity contribution >= 4 is 22.9 Å². The Hall–Kier alpha value is -6.13. The Bertz CT molecular complexity index is 2510. The molecule has 0 radical (unpaired) electrons. The number of nitrogens with zero attached hydrogens (tertiary/aromatic N) is 1. The van der Waals surface area contributed by atoms with E-state index in [9.17, 15) is 4.79 Å². The first-order valence-electron chi connectivity index (χ1n) is 21.7. The number of carbonyl (C=O) groups is 1. The van der Waals surface area contributed by atoms with Crippen molar-refractivity contribution in [3.63, 3.8) is 0 Å². The van der Waals surface area contributed by atoms with E-state index in [1.807, 2.05) is 84.9 Å². The van der Waals surface area contributed by atoms with Crippen molar-refractivity contribution < 1.29 is 33.2 Å². The number of esters is 1. The van der Waals surface area contributed by atoms with Crippen LogP contribution >= 0.6 is 0 Å². The first-order chi connectivity index (χ1) is 31.0. The molecule has 1 fully saturated rings. The van der Waals surface area contributed by atoms with E-state index in [1.165, 1.54) is 23.6 Å². The lowest BCUT2D eigenvalue weighted by Crippen LogP contribution is -2.59. The van der Waals surface area contributed by atoms with Gasteiger partial charge in [-0.25, -0.2) is 0 Å². The van der Waals surface area contributed by atoms with Gasteiger partial charge >= 0.3 is 5.97 Å². The third-order valence-corrected chi connectivity index (χ3v) is 11.5. The number of rotatable bonds is 19. The molecule has 8 nitrogen and oxygen atoms in total. The molecule has 8 rings (SSSR count). The predicted octanol–water partition coefficient (Wildman–Crippen LogP) is 11.0. The number of hydrogen-bond acceptors (Lipinski definition) is 7. The Kier molecular flexibility index (Phi) is 15.0. The average molecular weight is 842 g/mol. The maximum absolute atomic E-state index is 11.6. The van der Waals surface area contributed by atoms with Gasteiger partial charge in [0, 0.05) is 11.6 Å². The number of ether oxygens (including phenoxy) is 6. The van der Waals surface area contributed by atoms with E-state index < -0.39 is 30.6 Å². The Balaban J connectivity index is 1.18. The zero-order valence-electron chi connectivity index (χ0n) is 36.0. The largest absolute Gasteiger partial charge is 0.469 e. The number of carbonyl (C=O) groups excluding carboxylic acids is 1. The number of benzene rings is 6. The molecule has 322 valence electrons. The summed E-state index contributed by atoms with van der Waals surface area (Å²) in [7, 11) is 1.40. The molecule has 7 aromatic rings. The normalized spacial score (nSPS) is 18.8.